The van der Waals surface area contributed by atoms with E-state index in [9.17, 15) is 64.1 Å². The van der Waals surface area contributed by atoms with Crippen molar-refractivity contribution in [1.82, 2.24) is 0 Å². The number of hydrogen-bond acceptors (Lipinski definition) is 3. The Morgan fingerprint density at radius 1 is 0.400 bits per heavy atom. The summed E-state index contributed by atoms with van der Waals surface area (Å²) in [6, 6.07) is 2.45. The first-order valence-electron chi connectivity index (χ1n) is 12.5. The average Bonchev–Trinajstić information content (AvgIpc) is 3.77. The van der Waals surface area contributed by atoms with E-state index in [0.29, 0.717) is 0 Å². The molecule has 0 radical (unpaired) electrons. The van der Waals surface area contributed by atoms with Crippen LogP contribution in [0.25, 0.3) is 16.7 Å². The molecule has 1 fully saturated rings. The Morgan fingerprint density at radius 2 is 0.620 bits per heavy atom. The van der Waals surface area contributed by atoms with Crippen molar-refractivity contribution in [1.29, 1.82) is 15.8 Å². The fraction of sp³-hybridized carbons (Fsp3) is 0.100. The van der Waals surface area contributed by atoms with Crippen LogP contribution in [-0.2, 0) is 19.5 Å². The Hall–Kier alpha value is -5.84. The van der Waals surface area contributed by atoms with Crippen molar-refractivity contribution in [3.63, 3.8) is 0 Å². The second kappa shape index (κ2) is 12.9. The number of rotatable bonds is 5. The Kier molecular flexibility index (Phi) is 9.53. The van der Waals surface area contributed by atoms with Gasteiger partial charge >= 0.3 is 6.18 Å². The molecule has 0 unspecified atom stereocenters. The minimum Gasteiger partial charge on any atom is -0.246 e. The molecule has 0 saturated heterocycles. The number of nitrogens with zero attached hydrogens (tertiary/aromatic N) is 3. The second-order valence-electron chi connectivity index (χ2n) is 9.58. The van der Waals surface area contributed by atoms with Gasteiger partial charge in [-0.05, 0) is 0 Å². The minimum absolute atomic E-state index is 0.763. The molecule has 20 heteroatoms. The number of hydrogen-bond donors (Lipinski definition) is 0. The highest BCUT2D eigenvalue weighted by Crippen LogP contribution is 2.57. The summed E-state index contributed by atoms with van der Waals surface area (Å²) in [5.41, 5.74) is -24.7. The van der Waals surface area contributed by atoms with E-state index in [-0.39, 0.29) is 0 Å². The normalized spacial score (nSPS) is 14.6. The Morgan fingerprint density at radius 3 is 0.800 bits per heavy atom. The third-order valence-corrected chi connectivity index (χ3v) is 7.05. The van der Waals surface area contributed by atoms with Gasteiger partial charge in [-0.15, -0.1) is 0 Å². The molecule has 4 rings (SSSR count). The number of allylic oxidation sites excluding steroid dienone is 6. The van der Waals surface area contributed by atoms with Gasteiger partial charge in [0.15, 0.2) is 69.8 Å². The average molecular weight is 729 g/mol. The van der Waals surface area contributed by atoms with E-state index in [4.69, 9.17) is 0 Å². The number of alkyl halides is 5. The lowest BCUT2D eigenvalue weighted by Crippen LogP contribution is -2.17. The van der Waals surface area contributed by atoms with E-state index >= 15 is 26.3 Å². The van der Waals surface area contributed by atoms with Crippen LogP contribution in [0.5, 0.6) is 0 Å². The number of benzene rings is 3. The van der Waals surface area contributed by atoms with E-state index in [1.165, 1.54) is 0 Å². The fourth-order valence-electron chi connectivity index (χ4n) is 4.78. The molecule has 1 aliphatic rings. The minimum atomic E-state index is -6.16. The van der Waals surface area contributed by atoms with Crippen molar-refractivity contribution in [2.24, 2.45) is 0 Å². The zero-order valence-electron chi connectivity index (χ0n) is 23.2. The molecule has 0 amide bonds. The molecule has 1 aliphatic carbocycles. The summed E-state index contributed by atoms with van der Waals surface area (Å²) in [5, 5.41) is 29.2. The maximum Gasteiger partial charge on any atom is 0.422 e. The van der Waals surface area contributed by atoms with Crippen LogP contribution in [0.1, 0.15) is 33.4 Å². The van der Waals surface area contributed by atoms with Gasteiger partial charge in [0, 0.05) is 16.7 Å². The van der Waals surface area contributed by atoms with Crippen molar-refractivity contribution < 1.29 is 74.6 Å². The van der Waals surface area contributed by atoms with Crippen LogP contribution in [-0.4, -0.2) is 0 Å². The summed E-state index contributed by atoms with van der Waals surface area (Å²) in [4.78, 5) is 0. The van der Waals surface area contributed by atoms with Crippen LogP contribution in [0.3, 0.4) is 0 Å². The van der Waals surface area contributed by atoms with E-state index in [0.717, 1.165) is 18.2 Å². The predicted octanol–water partition coefficient (Wildman–Crippen LogP) is 9.56. The highest BCUT2D eigenvalue weighted by Gasteiger charge is 2.48. The molecule has 3 aromatic rings. The van der Waals surface area contributed by atoms with Crippen LogP contribution in [0, 0.1) is 104 Å². The smallest absolute Gasteiger partial charge is 0.246 e. The van der Waals surface area contributed by atoms with E-state index < -0.39 is 156 Å². The highest BCUT2D eigenvalue weighted by molar-refractivity contribution is 6.12. The van der Waals surface area contributed by atoms with Crippen molar-refractivity contribution in [3.05, 3.63) is 120 Å². The first-order valence-corrected chi connectivity index (χ1v) is 12.5. The maximum absolute atomic E-state index is 15.0. The molecule has 0 heterocycles. The Bertz CT molecular complexity index is 2080. The molecule has 0 atom stereocenters. The van der Waals surface area contributed by atoms with Crippen LogP contribution in [0.15, 0.2) is 16.7 Å². The molecule has 258 valence electrons. The van der Waals surface area contributed by atoms with Gasteiger partial charge in [0.05, 0.1) is 44.5 Å². The molecule has 50 heavy (non-hydrogen) atoms. The zero-order valence-corrected chi connectivity index (χ0v) is 23.2. The fourth-order valence-corrected chi connectivity index (χ4v) is 4.78. The lowest BCUT2D eigenvalue weighted by Gasteiger charge is -2.13. The van der Waals surface area contributed by atoms with Crippen molar-refractivity contribution in [3.8, 4) is 18.2 Å². The molecular weight excluding hydrogens is 725 g/mol. The van der Waals surface area contributed by atoms with Crippen LogP contribution in [0.2, 0.25) is 0 Å². The number of halogens is 17. The molecular formula is C30H4F17N3. The standard InChI is InChI=1S/C30H4F17N3/c31-1-6-18(33)22(37)14(23(38)19(6)34)8(3-48)11-12(9(4-49)15-24(39)20(35)7(2-32)21(36)25(15)40)13(11)10(5-50)16-26(41)28(43)17(30(45,46)47)29(44)27(16)42/h1-2H2. The summed E-state index contributed by atoms with van der Waals surface area (Å²) in [6.45, 7) is -4.46. The van der Waals surface area contributed by atoms with Gasteiger partial charge < -0.3 is 0 Å². The Labute approximate surface area is 265 Å². The summed E-state index contributed by atoms with van der Waals surface area (Å²) in [5.74, 6) is -33.3. The van der Waals surface area contributed by atoms with E-state index in [1.807, 2.05) is 0 Å². The van der Waals surface area contributed by atoms with Crippen LogP contribution < -0.4 is 0 Å². The third-order valence-electron chi connectivity index (χ3n) is 7.05. The third kappa shape index (κ3) is 5.29. The van der Waals surface area contributed by atoms with Gasteiger partial charge in [-0.25, -0.2) is 61.5 Å². The second-order valence-corrected chi connectivity index (χ2v) is 9.58. The largest absolute Gasteiger partial charge is 0.422 e. The zero-order chi connectivity index (χ0) is 37.9. The van der Waals surface area contributed by atoms with Crippen LogP contribution in [0.4, 0.5) is 74.6 Å². The highest BCUT2D eigenvalue weighted by atomic mass is 19.4. The molecule has 0 spiro atoms. The molecule has 0 bridgehead atoms. The van der Waals surface area contributed by atoms with Crippen molar-refractivity contribution in [2.75, 3.05) is 0 Å². The van der Waals surface area contributed by atoms with E-state index in [1.54, 1.807) is 0 Å². The topological polar surface area (TPSA) is 71.4 Å². The van der Waals surface area contributed by atoms with E-state index in [2.05, 4.69) is 0 Å². The lowest BCUT2D eigenvalue weighted by molar-refractivity contribution is -0.143. The Balaban J connectivity index is 2.36. The van der Waals surface area contributed by atoms with Gasteiger partial charge in [0.25, 0.3) is 0 Å². The molecule has 3 nitrogen and oxygen atoms in total. The van der Waals surface area contributed by atoms with Crippen molar-refractivity contribution in [2.45, 2.75) is 19.5 Å². The molecule has 1 saturated carbocycles. The summed E-state index contributed by atoms with van der Waals surface area (Å²) >= 11 is 0. The summed E-state index contributed by atoms with van der Waals surface area (Å²) in [6.07, 6.45) is -6.16. The van der Waals surface area contributed by atoms with Gasteiger partial charge in [-0.1, -0.05) is 0 Å². The van der Waals surface area contributed by atoms with Gasteiger partial charge in [0.1, 0.15) is 37.1 Å². The monoisotopic (exact) mass is 729 g/mol. The first kappa shape index (κ1) is 37.0. The molecule has 0 aliphatic heterocycles. The number of nitriles is 3. The lowest BCUT2D eigenvalue weighted by atomic mass is 9.98. The quantitative estimate of drug-likeness (QED) is 0.149. The maximum atomic E-state index is 15.0. The SMILES string of the molecule is N#CC(=C1C(=C(C#N)c2c(F)c(F)c(CF)c(F)c2F)C1=C(C#N)c1c(F)c(F)c(C(F)(F)F)c(F)c1F)c1c(F)c(F)c(CF)c(F)c1F. The van der Waals surface area contributed by atoms with Gasteiger partial charge in [0.2, 0.25) is 0 Å². The molecule has 0 N–H and O–H groups in total. The summed E-state index contributed by atoms with van der Waals surface area (Å²) in [7, 11) is 0. The van der Waals surface area contributed by atoms with Crippen LogP contribution >= 0.6 is 0 Å². The molecule has 3 aromatic carbocycles. The van der Waals surface area contributed by atoms with Crippen molar-refractivity contribution >= 4 is 16.7 Å². The van der Waals surface area contributed by atoms with Gasteiger partial charge in [-0.2, -0.15) is 29.0 Å². The molecule has 0 aromatic heterocycles. The first-order chi connectivity index (χ1) is 23.3. The predicted molar refractivity (Wildman–Crippen MR) is 131 cm³/mol. The summed E-state index contributed by atoms with van der Waals surface area (Å²) < 4.78 is 243. The van der Waals surface area contributed by atoms with Gasteiger partial charge in [-0.3, -0.25) is 0 Å².